The van der Waals surface area contributed by atoms with Crippen LogP contribution in [-0.4, -0.2) is 38.9 Å². The van der Waals surface area contributed by atoms with Gasteiger partial charge < -0.3 is 20.1 Å². The van der Waals surface area contributed by atoms with Gasteiger partial charge in [0.2, 0.25) is 6.86 Å². The fourth-order valence-corrected chi connectivity index (χ4v) is 1.34. The first-order valence-corrected chi connectivity index (χ1v) is 4.89. The second-order valence-electron chi connectivity index (χ2n) is 3.54. The maximum Gasteiger partial charge on any atom is 0.257 e. The van der Waals surface area contributed by atoms with Gasteiger partial charge in [0.1, 0.15) is 11.5 Å². The second kappa shape index (κ2) is 5.38. The van der Waals surface area contributed by atoms with Crippen molar-refractivity contribution in [1.29, 1.82) is 0 Å². The Morgan fingerprint density at radius 1 is 1.41 bits per heavy atom. The summed E-state index contributed by atoms with van der Waals surface area (Å²) in [5.74, 6) is 0.177. The number of halogens is 1. The Balaban J connectivity index is 3.26. The van der Waals surface area contributed by atoms with E-state index in [1.165, 1.54) is 24.1 Å². The number of ether oxygens (including phenoxy) is 2. The minimum Gasteiger partial charge on any atom is -0.496 e. The fourth-order valence-electron chi connectivity index (χ4n) is 1.34. The molecule has 0 aliphatic carbocycles. The van der Waals surface area contributed by atoms with E-state index in [1.54, 1.807) is 14.1 Å². The summed E-state index contributed by atoms with van der Waals surface area (Å²) in [5, 5.41) is 0. The molecule has 2 N–H and O–H groups in total. The molecule has 0 unspecified atom stereocenters. The highest BCUT2D eigenvalue weighted by atomic mass is 19.1. The van der Waals surface area contributed by atoms with E-state index in [0.717, 1.165) is 0 Å². The van der Waals surface area contributed by atoms with Gasteiger partial charge in [-0.3, -0.25) is 4.79 Å². The highest BCUT2D eigenvalue weighted by Crippen LogP contribution is 2.31. The lowest BCUT2D eigenvalue weighted by molar-refractivity contribution is 0.0823. The van der Waals surface area contributed by atoms with Gasteiger partial charge >= 0.3 is 0 Å². The highest BCUT2D eigenvalue weighted by Gasteiger charge is 2.17. The number of methoxy groups -OCH3 is 1. The lowest BCUT2D eigenvalue weighted by Crippen LogP contribution is -2.22. The molecule has 17 heavy (non-hydrogen) atoms. The Morgan fingerprint density at radius 3 is 2.53 bits per heavy atom. The molecule has 1 amide bonds. The molecule has 5 nitrogen and oxygen atoms in total. The Labute approximate surface area is 98.9 Å². The van der Waals surface area contributed by atoms with Crippen molar-refractivity contribution in [2.24, 2.45) is 0 Å². The molecule has 1 aromatic rings. The van der Waals surface area contributed by atoms with Crippen molar-refractivity contribution in [2.75, 3.05) is 33.8 Å². The van der Waals surface area contributed by atoms with Crippen LogP contribution in [0, 0.1) is 0 Å². The SMILES string of the molecule is COc1cc(N)c(OCF)cc1C(=O)N(C)C. The van der Waals surface area contributed by atoms with Gasteiger partial charge in [-0.15, -0.1) is 0 Å². The van der Waals surface area contributed by atoms with E-state index in [4.69, 9.17) is 10.5 Å². The van der Waals surface area contributed by atoms with Crippen LogP contribution in [0.3, 0.4) is 0 Å². The van der Waals surface area contributed by atoms with Crippen LogP contribution in [0.4, 0.5) is 10.1 Å². The van der Waals surface area contributed by atoms with E-state index < -0.39 is 6.86 Å². The molecule has 1 rings (SSSR count). The van der Waals surface area contributed by atoms with E-state index in [-0.39, 0.29) is 22.9 Å². The highest BCUT2D eigenvalue weighted by molar-refractivity contribution is 5.97. The Kier molecular flexibility index (Phi) is 4.14. The van der Waals surface area contributed by atoms with Crippen LogP contribution in [0.5, 0.6) is 11.5 Å². The molecule has 0 fully saturated rings. The minimum atomic E-state index is -1.01. The van der Waals surface area contributed by atoms with Gasteiger partial charge in [0.25, 0.3) is 5.91 Å². The summed E-state index contributed by atoms with van der Waals surface area (Å²) >= 11 is 0. The summed E-state index contributed by atoms with van der Waals surface area (Å²) in [6.45, 7) is -1.01. The van der Waals surface area contributed by atoms with E-state index in [9.17, 15) is 9.18 Å². The monoisotopic (exact) mass is 242 g/mol. The molecular formula is C11H15FN2O3. The van der Waals surface area contributed by atoms with Crippen molar-refractivity contribution in [3.63, 3.8) is 0 Å². The lowest BCUT2D eigenvalue weighted by Gasteiger charge is -2.15. The van der Waals surface area contributed by atoms with Crippen molar-refractivity contribution in [3.8, 4) is 11.5 Å². The van der Waals surface area contributed by atoms with Crippen molar-refractivity contribution < 1.29 is 18.7 Å². The number of carbonyl (C=O) groups excluding carboxylic acids is 1. The predicted molar refractivity (Wildman–Crippen MR) is 62.0 cm³/mol. The van der Waals surface area contributed by atoms with Crippen LogP contribution >= 0.6 is 0 Å². The predicted octanol–water partition coefficient (Wildman–Crippen LogP) is 1.29. The summed E-state index contributed by atoms with van der Waals surface area (Å²) in [5.41, 5.74) is 6.12. The third-order valence-corrected chi connectivity index (χ3v) is 2.18. The quantitative estimate of drug-likeness (QED) is 0.808. The molecule has 0 radical (unpaired) electrons. The second-order valence-corrected chi connectivity index (χ2v) is 3.54. The van der Waals surface area contributed by atoms with Crippen molar-refractivity contribution >= 4 is 11.6 Å². The van der Waals surface area contributed by atoms with Crippen LogP contribution in [0.15, 0.2) is 12.1 Å². The summed E-state index contributed by atoms with van der Waals surface area (Å²) < 4.78 is 21.9. The van der Waals surface area contributed by atoms with E-state index in [0.29, 0.717) is 5.75 Å². The zero-order valence-corrected chi connectivity index (χ0v) is 9.99. The maximum atomic E-state index is 12.1. The normalized spacial score (nSPS) is 9.88. The number of carbonyl (C=O) groups is 1. The van der Waals surface area contributed by atoms with Gasteiger partial charge in [0, 0.05) is 20.2 Å². The minimum absolute atomic E-state index is 0.124. The van der Waals surface area contributed by atoms with Crippen LogP contribution in [0.1, 0.15) is 10.4 Å². The molecule has 94 valence electrons. The van der Waals surface area contributed by atoms with Crippen molar-refractivity contribution in [2.45, 2.75) is 0 Å². The first-order chi connectivity index (χ1) is 8.01. The molecule has 0 aromatic heterocycles. The zero-order valence-electron chi connectivity index (χ0n) is 9.99. The number of hydrogen-bond donors (Lipinski definition) is 1. The van der Waals surface area contributed by atoms with Crippen molar-refractivity contribution in [1.82, 2.24) is 4.90 Å². The van der Waals surface area contributed by atoms with Gasteiger partial charge in [-0.2, -0.15) is 0 Å². The maximum absolute atomic E-state index is 12.1. The van der Waals surface area contributed by atoms with Crippen molar-refractivity contribution in [3.05, 3.63) is 17.7 Å². The number of alkyl halides is 1. The summed E-state index contributed by atoms with van der Waals surface area (Å²) in [4.78, 5) is 13.2. The van der Waals surface area contributed by atoms with Gasteiger partial charge in [0.15, 0.2) is 0 Å². The average Bonchev–Trinajstić information content (AvgIpc) is 2.30. The number of nitrogens with zero attached hydrogens (tertiary/aromatic N) is 1. The van der Waals surface area contributed by atoms with E-state index in [1.807, 2.05) is 0 Å². The van der Waals surface area contributed by atoms with E-state index >= 15 is 0 Å². The molecule has 0 spiro atoms. The first kappa shape index (κ1) is 13.1. The Bertz CT molecular complexity index is 421. The average molecular weight is 242 g/mol. The number of anilines is 1. The zero-order chi connectivity index (χ0) is 13.0. The van der Waals surface area contributed by atoms with Gasteiger partial charge in [0.05, 0.1) is 18.4 Å². The molecule has 0 aliphatic heterocycles. The van der Waals surface area contributed by atoms with Crippen LogP contribution < -0.4 is 15.2 Å². The number of nitrogens with two attached hydrogens (primary N) is 1. The molecule has 0 saturated carbocycles. The third kappa shape index (κ3) is 2.77. The lowest BCUT2D eigenvalue weighted by atomic mass is 10.1. The molecule has 6 heteroatoms. The third-order valence-electron chi connectivity index (χ3n) is 2.18. The molecule has 1 aromatic carbocycles. The number of amides is 1. The summed E-state index contributed by atoms with van der Waals surface area (Å²) in [6, 6.07) is 2.80. The summed E-state index contributed by atoms with van der Waals surface area (Å²) in [6.07, 6.45) is 0. The van der Waals surface area contributed by atoms with Gasteiger partial charge in [-0.05, 0) is 6.07 Å². The van der Waals surface area contributed by atoms with Crippen LogP contribution in [0.25, 0.3) is 0 Å². The summed E-state index contributed by atoms with van der Waals surface area (Å²) in [7, 11) is 4.64. The van der Waals surface area contributed by atoms with E-state index in [2.05, 4.69) is 4.74 Å². The molecule has 0 atom stereocenters. The molecule has 0 bridgehead atoms. The smallest absolute Gasteiger partial charge is 0.257 e. The number of benzene rings is 1. The number of rotatable bonds is 4. The molecule has 0 saturated heterocycles. The molecular weight excluding hydrogens is 227 g/mol. The Morgan fingerprint density at radius 2 is 2.06 bits per heavy atom. The molecule has 0 aliphatic rings. The fraction of sp³-hybridized carbons (Fsp3) is 0.364. The standard InChI is InChI=1S/C11H15FN2O3/c1-14(2)11(15)7-4-10(17-6-12)8(13)5-9(7)16-3/h4-5H,6,13H2,1-3H3. The van der Waals surface area contributed by atoms with Gasteiger partial charge in [-0.1, -0.05) is 0 Å². The first-order valence-electron chi connectivity index (χ1n) is 4.89. The largest absolute Gasteiger partial charge is 0.496 e. The molecule has 0 heterocycles. The Hall–Kier alpha value is -1.98. The number of hydrogen-bond acceptors (Lipinski definition) is 4. The van der Waals surface area contributed by atoms with Gasteiger partial charge in [-0.25, -0.2) is 4.39 Å². The number of nitrogen functional groups attached to an aromatic ring is 1. The van der Waals surface area contributed by atoms with Crippen LogP contribution in [-0.2, 0) is 0 Å². The topological polar surface area (TPSA) is 64.8 Å². The van der Waals surface area contributed by atoms with Crippen LogP contribution in [0.2, 0.25) is 0 Å².